The van der Waals surface area contributed by atoms with Gasteiger partial charge in [0.15, 0.2) is 0 Å². The second kappa shape index (κ2) is 5.97. The van der Waals surface area contributed by atoms with Crippen LogP contribution in [0.2, 0.25) is 15.1 Å². The number of aromatic nitrogens is 1. The van der Waals surface area contributed by atoms with E-state index in [9.17, 15) is 9.59 Å². The van der Waals surface area contributed by atoms with Gasteiger partial charge in [-0.15, -0.1) is 0 Å². The Kier molecular flexibility index (Phi) is 4.46. The van der Waals surface area contributed by atoms with Crippen LogP contribution >= 0.6 is 34.8 Å². The fourth-order valence-corrected chi connectivity index (χ4v) is 2.57. The molecule has 0 radical (unpaired) electrons. The number of halogens is 3. The lowest BCUT2D eigenvalue weighted by atomic mass is 10.2. The van der Waals surface area contributed by atoms with Crippen molar-refractivity contribution < 1.29 is 14.7 Å². The Morgan fingerprint density at radius 1 is 1.14 bits per heavy atom. The molecule has 1 heterocycles. The summed E-state index contributed by atoms with van der Waals surface area (Å²) in [5.74, 6) is -1.62. The van der Waals surface area contributed by atoms with Crippen LogP contribution in [0.15, 0.2) is 24.4 Å². The first kappa shape index (κ1) is 15.7. The first-order valence-electron chi connectivity index (χ1n) is 5.65. The maximum Gasteiger partial charge on any atom is 0.335 e. The number of carbonyl (C=O) groups excluding carboxylic acids is 1. The summed E-state index contributed by atoms with van der Waals surface area (Å²) in [5, 5.41) is 11.9. The van der Waals surface area contributed by atoms with Gasteiger partial charge < -0.3 is 15.0 Å². The second-order valence-electron chi connectivity index (χ2n) is 4.23. The Bertz CT molecular complexity index is 717. The van der Waals surface area contributed by atoms with E-state index in [1.807, 2.05) is 0 Å². The Balaban J connectivity index is 2.34. The van der Waals surface area contributed by atoms with Gasteiger partial charge in [0.1, 0.15) is 5.69 Å². The monoisotopic (exact) mass is 346 g/mol. The predicted molar refractivity (Wildman–Crippen MR) is 81.8 cm³/mol. The molecule has 0 unspecified atom stereocenters. The summed E-state index contributed by atoms with van der Waals surface area (Å²) in [7, 11) is 1.66. The molecule has 0 saturated heterocycles. The zero-order valence-electron chi connectivity index (χ0n) is 10.7. The summed E-state index contributed by atoms with van der Waals surface area (Å²) in [4.78, 5) is 23.0. The summed E-state index contributed by atoms with van der Waals surface area (Å²) in [6.45, 7) is 0. The molecule has 0 bridgehead atoms. The number of hydrogen-bond acceptors (Lipinski definition) is 2. The highest BCUT2D eigenvalue weighted by Crippen LogP contribution is 2.32. The molecule has 0 spiro atoms. The molecular formula is C13H9Cl3N2O3. The van der Waals surface area contributed by atoms with Crippen LogP contribution in [0.1, 0.15) is 20.8 Å². The van der Waals surface area contributed by atoms with Crippen LogP contribution in [0.3, 0.4) is 0 Å². The van der Waals surface area contributed by atoms with Crippen molar-refractivity contribution in [3.05, 3.63) is 50.7 Å². The van der Waals surface area contributed by atoms with Gasteiger partial charge >= 0.3 is 5.97 Å². The van der Waals surface area contributed by atoms with Crippen molar-refractivity contribution in [2.75, 3.05) is 5.32 Å². The number of benzene rings is 1. The van der Waals surface area contributed by atoms with E-state index in [2.05, 4.69) is 5.32 Å². The van der Waals surface area contributed by atoms with Gasteiger partial charge in [0.2, 0.25) is 0 Å². The van der Waals surface area contributed by atoms with Crippen molar-refractivity contribution >= 4 is 52.4 Å². The fourth-order valence-electron chi connectivity index (χ4n) is 1.74. The van der Waals surface area contributed by atoms with Crippen LogP contribution in [0, 0.1) is 0 Å². The molecule has 0 saturated carbocycles. The Morgan fingerprint density at radius 3 is 2.14 bits per heavy atom. The summed E-state index contributed by atoms with van der Waals surface area (Å²) >= 11 is 17.7. The maximum absolute atomic E-state index is 12.1. The molecule has 0 aliphatic rings. The number of aryl methyl sites for hydroxylation is 1. The average Bonchev–Trinajstić information content (AvgIpc) is 2.72. The van der Waals surface area contributed by atoms with Gasteiger partial charge in [0, 0.05) is 13.2 Å². The van der Waals surface area contributed by atoms with E-state index in [0.29, 0.717) is 10.7 Å². The van der Waals surface area contributed by atoms with E-state index >= 15 is 0 Å². The van der Waals surface area contributed by atoms with Crippen molar-refractivity contribution in [2.45, 2.75) is 0 Å². The lowest BCUT2D eigenvalue weighted by Gasteiger charge is -2.10. The highest BCUT2D eigenvalue weighted by molar-refractivity contribution is 6.40. The van der Waals surface area contributed by atoms with Gasteiger partial charge in [-0.25, -0.2) is 4.79 Å². The van der Waals surface area contributed by atoms with Crippen molar-refractivity contribution in [3.63, 3.8) is 0 Å². The van der Waals surface area contributed by atoms with Gasteiger partial charge in [-0.1, -0.05) is 34.8 Å². The van der Waals surface area contributed by atoms with Crippen LogP contribution in [-0.2, 0) is 7.05 Å². The summed E-state index contributed by atoms with van der Waals surface area (Å²) < 4.78 is 1.55. The van der Waals surface area contributed by atoms with E-state index in [-0.39, 0.29) is 21.3 Å². The number of hydrogen-bond donors (Lipinski definition) is 2. The topological polar surface area (TPSA) is 71.3 Å². The van der Waals surface area contributed by atoms with Gasteiger partial charge in [-0.2, -0.15) is 0 Å². The summed E-state index contributed by atoms with van der Waals surface area (Å²) in [5.41, 5.74) is 0.394. The number of carboxylic acid groups (broad SMARTS) is 1. The molecule has 1 aromatic heterocycles. The molecule has 0 atom stereocenters. The van der Waals surface area contributed by atoms with Crippen LogP contribution in [0.4, 0.5) is 5.69 Å². The second-order valence-corrected chi connectivity index (χ2v) is 5.48. The normalized spacial score (nSPS) is 10.5. The van der Waals surface area contributed by atoms with Crippen molar-refractivity contribution in [1.29, 1.82) is 0 Å². The molecule has 2 rings (SSSR count). The zero-order chi connectivity index (χ0) is 15.7. The van der Waals surface area contributed by atoms with Crippen LogP contribution in [0.5, 0.6) is 0 Å². The summed E-state index contributed by atoms with van der Waals surface area (Å²) in [6, 6.07) is 3.91. The molecule has 0 aliphatic carbocycles. The number of aromatic carboxylic acids is 1. The van der Waals surface area contributed by atoms with Crippen LogP contribution in [0.25, 0.3) is 0 Å². The lowest BCUT2D eigenvalue weighted by Crippen LogP contribution is -2.16. The van der Waals surface area contributed by atoms with Gasteiger partial charge in [-0.3, -0.25) is 4.79 Å². The minimum absolute atomic E-state index is 0.0357. The van der Waals surface area contributed by atoms with E-state index in [1.54, 1.807) is 17.8 Å². The molecule has 1 aromatic carbocycles. The quantitative estimate of drug-likeness (QED) is 0.883. The third kappa shape index (κ3) is 3.32. The molecular weight excluding hydrogens is 339 g/mol. The Labute approximate surface area is 135 Å². The summed E-state index contributed by atoms with van der Waals surface area (Å²) in [6.07, 6.45) is 1.58. The lowest BCUT2D eigenvalue weighted by molar-refractivity contribution is 0.0696. The SMILES string of the molecule is Cn1cc(Cl)cc1C(=O)Nc1c(Cl)cc(C(=O)O)cc1Cl. The molecule has 2 N–H and O–H groups in total. The number of nitrogens with one attached hydrogen (secondary N) is 1. The zero-order valence-corrected chi connectivity index (χ0v) is 12.9. The van der Waals surface area contributed by atoms with Crippen molar-refractivity contribution in [3.8, 4) is 0 Å². The largest absolute Gasteiger partial charge is 0.478 e. The van der Waals surface area contributed by atoms with Crippen molar-refractivity contribution in [1.82, 2.24) is 4.57 Å². The van der Waals surface area contributed by atoms with Gasteiger partial charge in [0.25, 0.3) is 5.91 Å². The number of rotatable bonds is 3. The molecule has 2 aromatic rings. The van der Waals surface area contributed by atoms with E-state index in [0.717, 1.165) is 0 Å². The Morgan fingerprint density at radius 2 is 1.71 bits per heavy atom. The standard InChI is InChI=1S/C13H9Cl3N2O3/c1-18-5-7(14)4-10(18)12(19)17-11-8(15)2-6(13(20)21)3-9(11)16/h2-5H,1H3,(H,17,19)(H,20,21). The van der Waals surface area contributed by atoms with E-state index in [1.165, 1.54) is 18.2 Å². The molecule has 8 heteroatoms. The number of carbonyl (C=O) groups is 2. The fraction of sp³-hybridized carbons (Fsp3) is 0.0769. The highest BCUT2D eigenvalue weighted by atomic mass is 35.5. The number of nitrogens with zero attached hydrogens (tertiary/aromatic N) is 1. The highest BCUT2D eigenvalue weighted by Gasteiger charge is 2.17. The first-order valence-corrected chi connectivity index (χ1v) is 6.78. The number of amides is 1. The minimum atomic E-state index is -1.16. The minimum Gasteiger partial charge on any atom is -0.478 e. The Hall–Kier alpha value is -1.69. The number of anilines is 1. The average molecular weight is 348 g/mol. The third-order valence-electron chi connectivity index (χ3n) is 2.73. The van der Waals surface area contributed by atoms with Crippen molar-refractivity contribution in [2.24, 2.45) is 7.05 Å². The van der Waals surface area contributed by atoms with Crippen LogP contribution < -0.4 is 5.32 Å². The number of carboxylic acids is 1. The van der Waals surface area contributed by atoms with Gasteiger partial charge in [-0.05, 0) is 18.2 Å². The smallest absolute Gasteiger partial charge is 0.335 e. The predicted octanol–water partition coefficient (Wildman–Crippen LogP) is 3.94. The molecule has 110 valence electrons. The molecule has 0 fully saturated rings. The molecule has 0 aliphatic heterocycles. The molecule has 21 heavy (non-hydrogen) atoms. The van der Waals surface area contributed by atoms with Gasteiger partial charge in [0.05, 0.1) is 26.3 Å². The molecule has 1 amide bonds. The van der Waals surface area contributed by atoms with E-state index < -0.39 is 11.9 Å². The first-order chi connectivity index (χ1) is 9.79. The third-order valence-corrected chi connectivity index (χ3v) is 3.53. The van der Waals surface area contributed by atoms with Crippen LogP contribution in [-0.4, -0.2) is 21.6 Å². The maximum atomic E-state index is 12.1. The molecule has 5 nitrogen and oxygen atoms in total. The van der Waals surface area contributed by atoms with E-state index in [4.69, 9.17) is 39.9 Å².